The molecule has 0 radical (unpaired) electrons. The summed E-state index contributed by atoms with van der Waals surface area (Å²) in [4.78, 5) is 4.44. The van der Waals surface area contributed by atoms with Crippen molar-refractivity contribution < 1.29 is 4.74 Å². The Morgan fingerprint density at radius 3 is 2.82 bits per heavy atom. The number of fused-ring (bicyclic) bond motifs is 1. The molecular weight excluding hydrogens is 212 g/mol. The van der Waals surface area contributed by atoms with E-state index in [0.29, 0.717) is 18.5 Å². The summed E-state index contributed by atoms with van der Waals surface area (Å²) in [5, 5.41) is 4.44. The first-order valence-electron chi connectivity index (χ1n) is 5.97. The van der Waals surface area contributed by atoms with Gasteiger partial charge in [0.15, 0.2) is 0 Å². The van der Waals surface area contributed by atoms with E-state index in [2.05, 4.69) is 24.1 Å². The maximum atomic E-state index is 5.59. The number of hydrogen-bond donors (Lipinski definition) is 1. The molecule has 3 nitrogen and oxygen atoms in total. The molecule has 1 N–H and O–H groups in total. The second-order valence-corrected chi connectivity index (χ2v) is 4.30. The van der Waals surface area contributed by atoms with Gasteiger partial charge >= 0.3 is 0 Å². The molecule has 1 heterocycles. The zero-order chi connectivity index (χ0) is 12.1. The van der Waals surface area contributed by atoms with Crippen LogP contribution in [0.25, 0.3) is 10.9 Å². The summed E-state index contributed by atoms with van der Waals surface area (Å²) in [5.74, 6) is 0.689. The van der Waals surface area contributed by atoms with Gasteiger partial charge in [0.2, 0.25) is 5.88 Å². The highest BCUT2D eigenvalue weighted by Gasteiger charge is 1.98. The van der Waals surface area contributed by atoms with Crippen LogP contribution in [0, 0.1) is 0 Å². The Balaban J connectivity index is 1.95. The highest BCUT2D eigenvalue weighted by molar-refractivity contribution is 5.78. The van der Waals surface area contributed by atoms with E-state index in [9.17, 15) is 0 Å². The molecule has 1 aromatic carbocycles. The number of pyridine rings is 1. The lowest BCUT2D eigenvalue weighted by Gasteiger charge is -2.09. The first kappa shape index (κ1) is 11.9. The number of para-hydroxylation sites is 1. The summed E-state index contributed by atoms with van der Waals surface area (Å²) in [5.41, 5.74) is 0.974. The average molecular weight is 230 g/mol. The van der Waals surface area contributed by atoms with Gasteiger partial charge in [0, 0.05) is 24.0 Å². The smallest absolute Gasteiger partial charge is 0.213 e. The van der Waals surface area contributed by atoms with Crippen LogP contribution in [0.1, 0.15) is 13.8 Å². The Kier molecular flexibility index (Phi) is 3.94. The topological polar surface area (TPSA) is 34.1 Å². The minimum atomic E-state index is 0.489. The monoisotopic (exact) mass is 230 g/mol. The van der Waals surface area contributed by atoms with Crippen molar-refractivity contribution in [3.05, 3.63) is 36.4 Å². The van der Waals surface area contributed by atoms with E-state index < -0.39 is 0 Å². The van der Waals surface area contributed by atoms with Gasteiger partial charge in [-0.05, 0) is 12.1 Å². The van der Waals surface area contributed by atoms with Crippen LogP contribution in [0.15, 0.2) is 36.4 Å². The predicted octanol–water partition coefficient (Wildman–Crippen LogP) is 2.61. The molecule has 0 amide bonds. The Labute approximate surface area is 102 Å². The highest BCUT2D eigenvalue weighted by Crippen LogP contribution is 2.15. The lowest BCUT2D eigenvalue weighted by Crippen LogP contribution is -2.27. The molecule has 1 aromatic heterocycles. The van der Waals surface area contributed by atoms with Crippen LogP contribution in [0.4, 0.5) is 0 Å². The van der Waals surface area contributed by atoms with Gasteiger partial charge in [-0.3, -0.25) is 0 Å². The van der Waals surface area contributed by atoms with Crippen LogP contribution in [0.3, 0.4) is 0 Å². The number of nitrogens with one attached hydrogen (secondary N) is 1. The molecule has 0 saturated heterocycles. The van der Waals surface area contributed by atoms with Crippen LogP contribution in [0.5, 0.6) is 5.88 Å². The summed E-state index contributed by atoms with van der Waals surface area (Å²) in [6.07, 6.45) is 0. The van der Waals surface area contributed by atoms with E-state index in [-0.39, 0.29) is 0 Å². The second kappa shape index (κ2) is 5.64. The molecule has 17 heavy (non-hydrogen) atoms. The third kappa shape index (κ3) is 3.43. The first-order valence-corrected chi connectivity index (χ1v) is 5.97. The minimum Gasteiger partial charge on any atom is -0.476 e. The number of aromatic nitrogens is 1. The highest BCUT2D eigenvalue weighted by atomic mass is 16.5. The number of rotatable bonds is 5. The second-order valence-electron chi connectivity index (χ2n) is 4.30. The summed E-state index contributed by atoms with van der Waals surface area (Å²) in [6.45, 7) is 5.72. The quantitative estimate of drug-likeness (QED) is 0.802. The number of ether oxygens (including phenoxy) is 1. The van der Waals surface area contributed by atoms with Gasteiger partial charge in [0.1, 0.15) is 6.61 Å². The maximum absolute atomic E-state index is 5.59. The molecule has 0 atom stereocenters. The first-order chi connectivity index (χ1) is 8.25. The third-order valence-corrected chi connectivity index (χ3v) is 2.48. The predicted molar refractivity (Wildman–Crippen MR) is 70.4 cm³/mol. The molecule has 0 unspecified atom stereocenters. The van der Waals surface area contributed by atoms with E-state index in [1.54, 1.807) is 0 Å². The van der Waals surface area contributed by atoms with Gasteiger partial charge < -0.3 is 10.1 Å². The molecule has 0 aliphatic rings. The lowest BCUT2D eigenvalue weighted by atomic mass is 10.2. The van der Waals surface area contributed by atoms with Crippen molar-refractivity contribution in [3.8, 4) is 5.88 Å². The summed E-state index contributed by atoms with van der Waals surface area (Å²) in [6, 6.07) is 12.5. The van der Waals surface area contributed by atoms with Crippen LogP contribution in [0.2, 0.25) is 0 Å². The minimum absolute atomic E-state index is 0.489. The van der Waals surface area contributed by atoms with Gasteiger partial charge in [-0.1, -0.05) is 32.0 Å². The molecule has 90 valence electrons. The standard InChI is InChI=1S/C14H18N2O/c1-11(2)15-9-10-17-14-8-7-12-5-3-4-6-13(12)16-14/h3-8,11,15H,9-10H2,1-2H3. The van der Waals surface area contributed by atoms with Gasteiger partial charge in [0.05, 0.1) is 5.52 Å². The van der Waals surface area contributed by atoms with Crippen molar-refractivity contribution >= 4 is 10.9 Å². The van der Waals surface area contributed by atoms with Crippen molar-refractivity contribution in [2.75, 3.05) is 13.2 Å². The van der Waals surface area contributed by atoms with Crippen molar-refractivity contribution in [1.29, 1.82) is 0 Å². The lowest BCUT2D eigenvalue weighted by molar-refractivity contribution is 0.299. The molecule has 0 bridgehead atoms. The van der Waals surface area contributed by atoms with Gasteiger partial charge in [0.25, 0.3) is 0 Å². The van der Waals surface area contributed by atoms with Crippen molar-refractivity contribution in [2.24, 2.45) is 0 Å². The fraction of sp³-hybridized carbons (Fsp3) is 0.357. The van der Waals surface area contributed by atoms with Crippen molar-refractivity contribution in [2.45, 2.75) is 19.9 Å². The zero-order valence-electron chi connectivity index (χ0n) is 10.3. The normalized spacial score (nSPS) is 11.0. The fourth-order valence-corrected chi connectivity index (χ4v) is 1.63. The summed E-state index contributed by atoms with van der Waals surface area (Å²) in [7, 11) is 0. The van der Waals surface area contributed by atoms with Gasteiger partial charge in [-0.25, -0.2) is 4.98 Å². The Morgan fingerprint density at radius 2 is 2.00 bits per heavy atom. The molecule has 0 spiro atoms. The van der Waals surface area contributed by atoms with E-state index in [1.807, 2.05) is 36.4 Å². The van der Waals surface area contributed by atoms with E-state index >= 15 is 0 Å². The van der Waals surface area contributed by atoms with E-state index in [4.69, 9.17) is 4.74 Å². The number of benzene rings is 1. The van der Waals surface area contributed by atoms with Crippen LogP contribution in [-0.4, -0.2) is 24.2 Å². The molecule has 0 saturated carbocycles. The Bertz CT molecular complexity index is 482. The third-order valence-electron chi connectivity index (χ3n) is 2.48. The van der Waals surface area contributed by atoms with E-state index in [1.165, 1.54) is 0 Å². The van der Waals surface area contributed by atoms with Crippen molar-refractivity contribution in [1.82, 2.24) is 10.3 Å². The maximum Gasteiger partial charge on any atom is 0.213 e. The van der Waals surface area contributed by atoms with E-state index in [0.717, 1.165) is 17.4 Å². The Morgan fingerprint density at radius 1 is 1.18 bits per heavy atom. The largest absolute Gasteiger partial charge is 0.476 e. The van der Waals surface area contributed by atoms with Crippen molar-refractivity contribution in [3.63, 3.8) is 0 Å². The zero-order valence-corrected chi connectivity index (χ0v) is 10.3. The molecule has 3 heteroatoms. The van der Waals surface area contributed by atoms with Gasteiger partial charge in [-0.15, -0.1) is 0 Å². The number of nitrogens with zero attached hydrogens (tertiary/aromatic N) is 1. The summed E-state index contributed by atoms with van der Waals surface area (Å²) >= 11 is 0. The molecule has 0 fully saturated rings. The van der Waals surface area contributed by atoms with Gasteiger partial charge in [-0.2, -0.15) is 0 Å². The molecule has 2 rings (SSSR count). The molecule has 0 aliphatic carbocycles. The molecule has 2 aromatic rings. The SMILES string of the molecule is CC(C)NCCOc1ccc2ccccc2n1. The van der Waals surface area contributed by atoms with Crippen LogP contribution in [-0.2, 0) is 0 Å². The molecule has 0 aliphatic heterocycles. The van der Waals surface area contributed by atoms with Crippen LogP contribution < -0.4 is 10.1 Å². The number of hydrogen-bond acceptors (Lipinski definition) is 3. The molecular formula is C14H18N2O. The average Bonchev–Trinajstić information content (AvgIpc) is 2.34. The Hall–Kier alpha value is -1.61. The fourth-order valence-electron chi connectivity index (χ4n) is 1.63. The summed E-state index contributed by atoms with van der Waals surface area (Å²) < 4.78 is 5.59. The van der Waals surface area contributed by atoms with Crippen LogP contribution >= 0.6 is 0 Å².